The van der Waals surface area contributed by atoms with Gasteiger partial charge < -0.3 is 9.84 Å². The molecular formula is C22H22N2O4. The number of allylic oxidation sites excluding steroid dienone is 1. The van der Waals surface area contributed by atoms with Crippen LogP contribution in [0, 0.1) is 6.92 Å². The highest BCUT2D eigenvalue weighted by molar-refractivity contribution is 5.97. The Hall–Kier alpha value is -3.41. The molecule has 0 fully saturated rings. The Morgan fingerprint density at radius 2 is 1.96 bits per heavy atom. The van der Waals surface area contributed by atoms with Gasteiger partial charge in [0.25, 0.3) is 0 Å². The second-order valence-electron chi connectivity index (χ2n) is 6.39. The molecule has 0 spiro atoms. The van der Waals surface area contributed by atoms with Gasteiger partial charge in [-0.15, -0.1) is 0 Å². The highest BCUT2D eigenvalue weighted by Crippen LogP contribution is 2.27. The lowest BCUT2D eigenvalue weighted by Crippen LogP contribution is -2.10. The van der Waals surface area contributed by atoms with E-state index in [0.717, 1.165) is 11.6 Å². The number of carboxylic acids is 1. The molecule has 0 bridgehead atoms. The number of fused-ring (bicyclic) bond motifs is 1. The first-order valence-corrected chi connectivity index (χ1v) is 9.11. The zero-order valence-corrected chi connectivity index (χ0v) is 15.8. The minimum absolute atomic E-state index is 0.109. The number of aryl methyl sites for hydroxylation is 1. The summed E-state index contributed by atoms with van der Waals surface area (Å²) in [5.74, 6) is -0.870. The number of pyridine rings is 1. The van der Waals surface area contributed by atoms with Crippen LogP contribution in [-0.4, -0.2) is 32.9 Å². The standard InChI is InChI=1S/C22H22N2O4/c1-3-28-19-10-7-13-24-21(15(2)23-22(19)24)18(25)14-17(11-12-20(26)27)16-8-5-4-6-9-16/h4-13,17H,3,14H2,1-2H3,(H,26,27)/b12-11+/t17-/m1/s1. The van der Waals surface area contributed by atoms with Gasteiger partial charge in [0.2, 0.25) is 0 Å². The second-order valence-corrected chi connectivity index (χ2v) is 6.39. The molecule has 0 radical (unpaired) electrons. The predicted molar refractivity (Wildman–Crippen MR) is 106 cm³/mol. The molecule has 0 saturated heterocycles. The van der Waals surface area contributed by atoms with Gasteiger partial charge in [-0.05, 0) is 31.5 Å². The highest BCUT2D eigenvalue weighted by Gasteiger charge is 2.22. The summed E-state index contributed by atoms with van der Waals surface area (Å²) in [7, 11) is 0. The Kier molecular flexibility index (Phi) is 5.89. The molecule has 1 atom stereocenters. The molecule has 0 aliphatic rings. The minimum atomic E-state index is -1.04. The van der Waals surface area contributed by atoms with Crippen molar-refractivity contribution in [3.8, 4) is 5.75 Å². The molecular weight excluding hydrogens is 356 g/mol. The van der Waals surface area contributed by atoms with E-state index >= 15 is 0 Å². The van der Waals surface area contributed by atoms with Gasteiger partial charge in [-0.2, -0.15) is 0 Å². The first-order valence-electron chi connectivity index (χ1n) is 9.11. The van der Waals surface area contributed by atoms with Gasteiger partial charge in [-0.3, -0.25) is 9.20 Å². The summed E-state index contributed by atoms with van der Waals surface area (Å²) in [6, 6.07) is 13.0. The minimum Gasteiger partial charge on any atom is -0.490 e. The number of nitrogens with zero attached hydrogens (tertiary/aromatic N) is 2. The third-order valence-corrected chi connectivity index (χ3v) is 4.46. The van der Waals surface area contributed by atoms with Gasteiger partial charge in [0.1, 0.15) is 5.69 Å². The number of imidazole rings is 1. The smallest absolute Gasteiger partial charge is 0.327 e. The van der Waals surface area contributed by atoms with E-state index in [-0.39, 0.29) is 18.1 Å². The zero-order valence-electron chi connectivity index (χ0n) is 15.8. The van der Waals surface area contributed by atoms with Gasteiger partial charge in [0.15, 0.2) is 17.2 Å². The molecule has 28 heavy (non-hydrogen) atoms. The molecule has 6 heteroatoms. The summed E-state index contributed by atoms with van der Waals surface area (Å²) in [5.41, 5.74) is 2.59. The number of carbonyl (C=O) groups is 2. The summed E-state index contributed by atoms with van der Waals surface area (Å²) in [5, 5.41) is 8.99. The molecule has 6 nitrogen and oxygen atoms in total. The van der Waals surface area contributed by atoms with Gasteiger partial charge >= 0.3 is 5.97 Å². The summed E-state index contributed by atoms with van der Waals surface area (Å²) in [6.45, 7) is 4.19. The molecule has 0 saturated carbocycles. The Labute approximate surface area is 163 Å². The Bertz CT molecular complexity index is 1020. The number of carbonyl (C=O) groups excluding carboxylic acids is 1. The molecule has 3 rings (SSSR count). The van der Waals surface area contributed by atoms with Crippen LogP contribution >= 0.6 is 0 Å². The van der Waals surface area contributed by atoms with Gasteiger partial charge in [0.05, 0.1) is 12.3 Å². The molecule has 2 heterocycles. The van der Waals surface area contributed by atoms with Crippen LogP contribution < -0.4 is 4.74 Å². The maximum atomic E-state index is 13.2. The zero-order chi connectivity index (χ0) is 20.1. The molecule has 3 aromatic rings. The number of ketones is 1. The molecule has 1 N–H and O–H groups in total. The van der Waals surface area contributed by atoms with Crippen molar-refractivity contribution in [3.63, 3.8) is 0 Å². The normalized spacial score (nSPS) is 12.4. The SMILES string of the molecule is CCOc1cccn2c(C(=O)C[C@@H](/C=C/C(=O)O)c3ccccc3)c(C)nc12. The lowest BCUT2D eigenvalue weighted by atomic mass is 9.92. The Balaban J connectivity index is 1.97. The maximum absolute atomic E-state index is 13.2. The maximum Gasteiger partial charge on any atom is 0.327 e. The van der Waals surface area contributed by atoms with Gasteiger partial charge in [-0.25, -0.2) is 9.78 Å². The fraction of sp³-hybridized carbons (Fsp3) is 0.227. The van der Waals surface area contributed by atoms with Gasteiger partial charge in [0, 0.05) is 24.6 Å². The molecule has 0 unspecified atom stereocenters. The highest BCUT2D eigenvalue weighted by atomic mass is 16.5. The lowest BCUT2D eigenvalue weighted by Gasteiger charge is -2.13. The van der Waals surface area contributed by atoms with Crippen molar-refractivity contribution in [2.45, 2.75) is 26.2 Å². The van der Waals surface area contributed by atoms with Crippen molar-refractivity contribution >= 4 is 17.4 Å². The first-order chi connectivity index (χ1) is 13.5. The summed E-state index contributed by atoms with van der Waals surface area (Å²) in [4.78, 5) is 28.6. The number of aliphatic carboxylic acids is 1. The van der Waals surface area contributed by atoms with Gasteiger partial charge in [-0.1, -0.05) is 36.4 Å². The van der Waals surface area contributed by atoms with Crippen LogP contribution in [0.4, 0.5) is 0 Å². The van der Waals surface area contributed by atoms with E-state index in [9.17, 15) is 9.59 Å². The van der Waals surface area contributed by atoms with Crippen molar-refractivity contribution < 1.29 is 19.4 Å². The number of benzene rings is 1. The van der Waals surface area contributed by atoms with E-state index in [4.69, 9.17) is 9.84 Å². The third kappa shape index (κ3) is 4.11. The quantitative estimate of drug-likeness (QED) is 0.473. The topological polar surface area (TPSA) is 80.9 Å². The van der Waals surface area contributed by atoms with Crippen LogP contribution in [0.15, 0.2) is 60.8 Å². The molecule has 144 valence electrons. The lowest BCUT2D eigenvalue weighted by molar-refractivity contribution is -0.131. The largest absolute Gasteiger partial charge is 0.490 e. The average Bonchev–Trinajstić information content (AvgIpc) is 3.02. The van der Waals surface area contributed by atoms with Crippen LogP contribution in [-0.2, 0) is 4.79 Å². The third-order valence-electron chi connectivity index (χ3n) is 4.46. The van der Waals surface area contributed by atoms with Crippen LogP contribution in [0.5, 0.6) is 5.75 Å². The Morgan fingerprint density at radius 1 is 1.21 bits per heavy atom. The fourth-order valence-electron chi connectivity index (χ4n) is 3.25. The molecule has 2 aromatic heterocycles. The van der Waals surface area contributed by atoms with Crippen LogP contribution in [0.3, 0.4) is 0 Å². The van der Waals surface area contributed by atoms with Crippen molar-refractivity contribution in [3.05, 3.63) is 77.8 Å². The average molecular weight is 378 g/mol. The van der Waals surface area contributed by atoms with E-state index < -0.39 is 5.97 Å². The fourth-order valence-corrected chi connectivity index (χ4v) is 3.25. The van der Waals surface area contributed by atoms with Crippen LogP contribution in [0.1, 0.15) is 41.0 Å². The number of ether oxygens (including phenoxy) is 1. The number of hydrogen-bond acceptors (Lipinski definition) is 4. The molecule has 1 aromatic carbocycles. The number of rotatable bonds is 8. The number of carboxylic acid groups (broad SMARTS) is 1. The van der Waals surface area contributed by atoms with E-state index in [2.05, 4.69) is 4.98 Å². The molecule has 0 aliphatic heterocycles. The number of aromatic nitrogens is 2. The number of Topliss-reactive ketones (excluding diaryl/α,β-unsaturated/α-hetero) is 1. The molecule has 0 amide bonds. The van der Waals surface area contributed by atoms with Crippen molar-refractivity contribution in [2.24, 2.45) is 0 Å². The van der Waals surface area contributed by atoms with E-state index in [1.54, 1.807) is 23.6 Å². The summed E-state index contributed by atoms with van der Waals surface area (Å²) < 4.78 is 7.35. The monoisotopic (exact) mass is 378 g/mol. The summed E-state index contributed by atoms with van der Waals surface area (Å²) >= 11 is 0. The van der Waals surface area contributed by atoms with Crippen LogP contribution in [0.25, 0.3) is 5.65 Å². The van der Waals surface area contributed by atoms with E-state index in [0.29, 0.717) is 29.4 Å². The molecule has 0 aliphatic carbocycles. The second kappa shape index (κ2) is 8.52. The van der Waals surface area contributed by atoms with Crippen LogP contribution in [0.2, 0.25) is 0 Å². The van der Waals surface area contributed by atoms with Crippen molar-refractivity contribution in [1.82, 2.24) is 9.38 Å². The Morgan fingerprint density at radius 3 is 2.64 bits per heavy atom. The van der Waals surface area contributed by atoms with E-state index in [1.165, 1.54) is 0 Å². The number of hydrogen-bond donors (Lipinski definition) is 1. The van der Waals surface area contributed by atoms with Crippen molar-refractivity contribution in [1.29, 1.82) is 0 Å². The first kappa shape index (κ1) is 19.4. The van der Waals surface area contributed by atoms with E-state index in [1.807, 2.05) is 49.4 Å². The van der Waals surface area contributed by atoms with Crippen molar-refractivity contribution in [2.75, 3.05) is 6.61 Å². The predicted octanol–water partition coefficient (Wildman–Crippen LogP) is 4.04. The summed E-state index contributed by atoms with van der Waals surface area (Å²) in [6.07, 6.45) is 4.57.